The van der Waals surface area contributed by atoms with Crippen molar-refractivity contribution >= 4 is 0 Å². The van der Waals surface area contributed by atoms with Crippen LogP contribution in [0.25, 0.3) is 0 Å². The van der Waals surface area contributed by atoms with Gasteiger partial charge in [0.15, 0.2) is 0 Å². The minimum absolute atomic E-state index is 0.190. The molecule has 7 heteroatoms. The Morgan fingerprint density at radius 1 is 1.33 bits per heavy atom. The van der Waals surface area contributed by atoms with Crippen LogP contribution in [0.3, 0.4) is 0 Å². The molecule has 2 rings (SSSR count). The van der Waals surface area contributed by atoms with Gasteiger partial charge in [0.25, 0.3) is 0 Å². The predicted octanol–water partition coefficient (Wildman–Crippen LogP) is 3.17. The lowest BCUT2D eigenvalue weighted by Crippen LogP contribution is -2.23. The first-order valence-corrected chi connectivity index (χ1v) is 6.41. The summed E-state index contributed by atoms with van der Waals surface area (Å²) in [4.78, 5) is 4.15. The van der Waals surface area contributed by atoms with Gasteiger partial charge >= 0.3 is 6.36 Å². The largest absolute Gasteiger partial charge is 0.573 e. The van der Waals surface area contributed by atoms with Gasteiger partial charge in [0.1, 0.15) is 11.6 Å². The van der Waals surface area contributed by atoms with Crippen LogP contribution in [0.15, 0.2) is 36.7 Å². The zero-order valence-electron chi connectivity index (χ0n) is 11.7. The van der Waals surface area contributed by atoms with E-state index in [-0.39, 0.29) is 11.8 Å². The van der Waals surface area contributed by atoms with E-state index in [0.717, 1.165) is 5.82 Å². The van der Waals surface area contributed by atoms with E-state index in [1.54, 1.807) is 25.3 Å². The lowest BCUT2D eigenvalue weighted by Gasteiger charge is -2.19. The van der Waals surface area contributed by atoms with Gasteiger partial charge < -0.3 is 14.6 Å². The molecule has 1 aromatic carbocycles. The fourth-order valence-corrected chi connectivity index (χ4v) is 1.98. The topological polar surface area (TPSA) is 39.1 Å². The van der Waals surface area contributed by atoms with Gasteiger partial charge in [-0.1, -0.05) is 18.2 Å². The minimum Gasteiger partial charge on any atom is -0.405 e. The standard InChI is InChI=1S/C14H16F3N3O/c1-10(19-9-13-18-7-8-20(13)2)11-5-3-4-6-12(11)21-14(15,16)17/h3-8,10,19H,9H2,1-2H3/t10-/m1/s1. The Bertz CT molecular complexity index is 595. The molecule has 1 aromatic heterocycles. The quantitative estimate of drug-likeness (QED) is 0.921. The molecule has 2 aromatic rings. The number of nitrogens with zero attached hydrogens (tertiary/aromatic N) is 2. The van der Waals surface area contributed by atoms with E-state index < -0.39 is 6.36 Å². The Morgan fingerprint density at radius 2 is 2.05 bits per heavy atom. The van der Waals surface area contributed by atoms with Crippen LogP contribution in [0.1, 0.15) is 24.4 Å². The van der Waals surface area contributed by atoms with Gasteiger partial charge in [-0.05, 0) is 13.0 Å². The molecule has 0 bridgehead atoms. The highest BCUT2D eigenvalue weighted by atomic mass is 19.4. The Balaban J connectivity index is 2.08. The molecule has 1 heterocycles. The normalized spacial score (nSPS) is 13.2. The Morgan fingerprint density at radius 3 is 2.67 bits per heavy atom. The minimum atomic E-state index is -4.70. The van der Waals surface area contributed by atoms with Gasteiger partial charge in [0.05, 0.1) is 6.54 Å². The second-order valence-electron chi connectivity index (χ2n) is 4.64. The summed E-state index contributed by atoms with van der Waals surface area (Å²) in [6.07, 6.45) is -1.22. The van der Waals surface area contributed by atoms with Crippen LogP contribution in [0.5, 0.6) is 5.75 Å². The predicted molar refractivity (Wildman–Crippen MR) is 71.6 cm³/mol. The van der Waals surface area contributed by atoms with E-state index in [9.17, 15) is 13.2 Å². The number of nitrogens with one attached hydrogen (secondary N) is 1. The van der Waals surface area contributed by atoms with Crippen LogP contribution in [-0.4, -0.2) is 15.9 Å². The molecule has 0 aliphatic rings. The molecule has 0 aliphatic heterocycles. The third-order valence-electron chi connectivity index (χ3n) is 3.10. The van der Waals surface area contributed by atoms with Crippen LogP contribution < -0.4 is 10.1 Å². The summed E-state index contributed by atoms with van der Waals surface area (Å²) >= 11 is 0. The molecule has 0 spiro atoms. The van der Waals surface area contributed by atoms with Crippen molar-refractivity contribution < 1.29 is 17.9 Å². The number of aromatic nitrogens is 2. The van der Waals surface area contributed by atoms with Crippen LogP contribution in [-0.2, 0) is 13.6 Å². The van der Waals surface area contributed by atoms with Gasteiger partial charge in [0, 0.05) is 31.0 Å². The van der Waals surface area contributed by atoms with E-state index in [0.29, 0.717) is 12.1 Å². The van der Waals surface area contributed by atoms with Crippen molar-refractivity contribution in [2.75, 3.05) is 0 Å². The van der Waals surface area contributed by atoms with Gasteiger partial charge in [-0.3, -0.25) is 0 Å². The monoisotopic (exact) mass is 299 g/mol. The molecular formula is C14H16F3N3O. The van der Waals surface area contributed by atoms with Crippen molar-refractivity contribution in [1.82, 2.24) is 14.9 Å². The molecule has 0 saturated heterocycles. The number of rotatable bonds is 5. The fraction of sp³-hybridized carbons (Fsp3) is 0.357. The zero-order valence-corrected chi connectivity index (χ0v) is 11.7. The molecule has 0 radical (unpaired) electrons. The van der Waals surface area contributed by atoms with E-state index in [1.807, 2.05) is 17.8 Å². The Kier molecular flexibility index (Phi) is 4.52. The number of imidazole rings is 1. The lowest BCUT2D eigenvalue weighted by molar-refractivity contribution is -0.275. The molecule has 0 saturated carbocycles. The second kappa shape index (κ2) is 6.17. The summed E-state index contributed by atoms with van der Waals surface area (Å²) in [6.45, 7) is 2.23. The first kappa shape index (κ1) is 15.4. The Labute approximate surface area is 120 Å². The lowest BCUT2D eigenvalue weighted by atomic mass is 10.1. The summed E-state index contributed by atoms with van der Waals surface area (Å²) in [6, 6.07) is 5.80. The van der Waals surface area contributed by atoms with E-state index in [4.69, 9.17) is 0 Å². The summed E-state index contributed by atoms with van der Waals surface area (Å²) in [5.74, 6) is 0.612. The molecule has 114 valence electrons. The van der Waals surface area contributed by atoms with Crippen molar-refractivity contribution in [2.24, 2.45) is 7.05 Å². The fourth-order valence-electron chi connectivity index (χ4n) is 1.98. The van der Waals surface area contributed by atoms with Crippen molar-refractivity contribution in [1.29, 1.82) is 0 Å². The molecule has 0 amide bonds. The average Bonchev–Trinajstić information content (AvgIpc) is 2.80. The number of alkyl halides is 3. The SMILES string of the molecule is C[C@@H](NCc1nccn1C)c1ccccc1OC(F)(F)F. The molecule has 0 aliphatic carbocycles. The van der Waals surface area contributed by atoms with Crippen LogP contribution in [0.4, 0.5) is 13.2 Å². The highest BCUT2D eigenvalue weighted by Gasteiger charge is 2.32. The van der Waals surface area contributed by atoms with E-state index >= 15 is 0 Å². The van der Waals surface area contributed by atoms with Crippen molar-refractivity contribution in [3.8, 4) is 5.75 Å². The summed E-state index contributed by atoms with van der Waals surface area (Å²) in [5, 5.41) is 3.14. The average molecular weight is 299 g/mol. The number of hydrogen-bond donors (Lipinski definition) is 1. The molecule has 1 atom stereocenters. The third kappa shape index (κ3) is 4.22. The van der Waals surface area contributed by atoms with E-state index in [2.05, 4.69) is 15.0 Å². The summed E-state index contributed by atoms with van der Waals surface area (Å²) in [5.41, 5.74) is 0.448. The highest BCUT2D eigenvalue weighted by molar-refractivity contribution is 5.35. The number of benzene rings is 1. The Hall–Kier alpha value is -2.02. The number of para-hydroxylation sites is 1. The number of ether oxygens (including phenoxy) is 1. The maximum absolute atomic E-state index is 12.4. The molecule has 0 unspecified atom stereocenters. The van der Waals surface area contributed by atoms with Gasteiger partial charge in [-0.25, -0.2) is 4.98 Å². The molecular weight excluding hydrogens is 283 g/mol. The van der Waals surface area contributed by atoms with Gasteiger partial charge in [-0.15, -0.1) is 13.2 Å². The highest BCUT2D eigenvalue weighted by Crippen LogP contribution is 2.30. The first-order chi connectivity index (χ1) is 9.87. The van der Waals surface area contributed by atoms with Crippen molar-refractivity contribution in [2.45, 2.75) is 25.9 Å². The molecule has 4 nitrogen and oxygen atoms in total. The summed E-state index contributed by atoms with van der Waals surface area (Å²) in [7, 11) is 1.86. The van der Waals surface area contributed by atoms with Crippen LogP contribution in [0.2, 0.25) is 0 Å². The van der Waals surface area contributed by atoms with Crippen molar-refractivity contribution in [3.05, 3.63) is 48.0 Å². The third-order valence-corrected chi connectivity index (χ3v) is 3.10. The number of hydrogen-bond acceptors (Lipinski definition) is 3. The maximum atomic E-state index is 12.4. The van der Waals surface area contributed by atoms with E-state index in [1.165, 1.54) is 12.1 Å². The molecule has 21 heavy (non-hydrogen) atoms. The number of halogens is 3. The first-order valence-electron chi connectivity index (χ1n) is 6.41. The van der Waals surface area contributed by atoms with Crippen LogP contribution in [0, 0.1) is 0 Å². The molecule has 0 fully saturated rings. The van der Waals surface area contributed by atoms with Crippen molar-refractivity contribution in [3.63, 3.8) is 0 Å². The van der Waals surface area contributed by atoms with Gasteiger partial charge in [0.2, 0.25) is 0 Å². The van der Waals surface area contributed by atoms with Gasteiger partial charge in [-0.2, -0.15) is 0 Å². The zero-order chi connectivity index (χ0) is 15.5. The smallest absolute Gasteiger partial charge is 0.405 e. The second-order valence-corrected chi connectivity index (χ2v) is 4.64. The molecule has 1 N–H and O–H groups in total. The maximum Gasteiger partial charge on any atom is 0.573 e. The summed E-state index contributed by atoms with van der Waals surface area (Å²) < 4.78 is 43.1. The van der Waals surface area contributed by atoms with Crippen LogP contribution >= 0.6 is 0 Å². The number of aryl methyl sites for hydroxylation is 1.